The first-order chi connectivity index (χ1) is 15.0. The van der Waals surface area contributed by atoms with Gasteiger partial charge in [0, 0.05) is 0 Å². The molecule has 0 aromatic heterocycles. The van der Waals surface area contributed by atoms with E-state index in [0.29, 0.717) is 29.4 Å². The summed E-state index contributed by atoms with van der Waals surface area (Å²) in [6, 6.07) is 17.7. The van der Waals surface area contributed by atoms with Crippen molar-refractivity contribution in [2.45, 2.75) is 19.4 Å². The maximum Gasteiger partial charge on any atom is 0.305 e. The van der Waals surface area contributed by atoms with E-state index in [4.69, 9.17) is 14.2 Å². The quantitative estimate of drug-likeness (QED) is 0.513. The van der Waals surface area contributed by atoms with Gasteiger partial charge < -0.3 is 24.6 Å². The van der Waals surface area contributed by atoms with Gasteiger partial charge in [-0.2, -0.15) is 0 Å². The Kier molecular flexibility index (Phi) is 7.32. The number of hydrogen-bond acceptors (Lipinski definition) is 5. The first-order valence-corrected chi connectivity index (χ1v) is 9.93. The molecule has 0 bridgehead atoms. The zero-order valence-electron chi connectivity index (χ0n) is 17.5. The van der Waals surface area contributed by atoms with E-state index in [1.54, 1.807) is 24.3 Å². The monoisotopic (exact) mass is 423 g/mol. The van der Waals surface area contributed by atoms with E-state index in [1.807, 2.05) is 43.3 Å². The van der Waals surface area contributed by atoms with Gasteiger partial charge in [-0.15, -0.1) is 0 Å². The van der Waals surface area contributed by atoms with Crippen LogP contribution in [0.1, 0.15) is 24.9 Å². The standard InChI is InChI=1S/C24H25NO6/c1-3-30-21-11-9-18(13-22(21)29-2)20(14-24(27)28)25-23(26)15-31-19-10-8-16-6-4-5-7-17(16)12-19/h4-13,20H,3,14-15H2,1-2H3,(H,25,26)(H,27,28)/t20-/m0/s1. The van der Waals surface area contributed by atoms with E-state index >= 15 is 0 Å². The molecule has 0 aliphatic carbocycles. The van der Waals surface area contributed by atoms with Gasteiger partial charge in [-0.3, -0.25) is 9.59 Å². The molecule has 31 heavy (non-hydrogen) atoms. The van der Waals surface area contributed by atoms with Gasteiger partial charge in [0.15, 0.2) is 18.1 Å². The number of benzene rings is 3. The van der Waals surface area contributed by atoms with Crippen molar-refractivity contribution in [1.29, 1.82) is 0 Å². The maximum atomic E-state index is 12.5. The topological polar surface area (TPSA) is 94.1 Å². The van der Waals surface area contributed by atoms with E-state index in [0.717, 1.165) is 10.8 Å². The van der Waals surface area contributed by atoms with Crippen LogP contribution >= 0.6 is 0 Å². The van der Waals surface area contributed by atoms with Crippen LogP contribution in [0, 0.1) is 0 Å². The van der Waals surface area contributed by atoms with E-state index < -0.39 is 17.9 Å². The number of ether oxygens (including phenoxy) is 3. The molecule has 0 saturated carbocycles. The van der Waals surface area contributed by atoms with Crippen molar-refractivity contribution in [2.24, 2.45) is 0 Å². The summed E-state index contributed by atoms with van der Waals surface area (Å²) < 4.78 is 16.4. The molecule has 2 N–H and O–H groups in total. The maximum absolute atomic E-state index is 12.5. The van der Waals surface area contributed by atoms with Crippen LogP contribution in [0.5, 0.6) is 17.2 Å². The van der Waals surface area contributed by atoms with Gasteiger partial charge in [0.05, 0.1) is 26.2 Å². The van der Waals surface area contributed by atoms with Crippen molar-refractivity contribution in [3.05, 3.63) is 66.2 Å². The highest BCUT2D eigenvalue weighted by Crippen LogP contribution is 2.31. The average Bonchev–Trinajstić information content (AvgIpc) is 2.77. The fraction of sp³-hybridized carbons (Fsp3) is 0.250. The summed E-state index contributed by atoms with van der Waals surface area (Å²) in [4.78, 5) is 23.8. The summed E-state index contributed by atoms with van der Waals surface area (Å²) >= 11 is 0. The molecule has 7 heteroatoms. The normalized spacial score (nSPS) is 11.5. The van der Waals surface area contributed by atoms with E-state index in [-0.39, 0.29) is 13.0 Å². The second-order valence-electron chi connectivity index (χ2n) is 6.86. The average molecular weight is 423 g/mol. The molecule has 1 amide bonds. The lowest BCUT2D eigenvalue weighted by molar-refractivity contribution is -0.137. The van der Waals surface area contributed by atoms with Crippen molar-refractivity contribution >= 4 is 22.6 Å². The van der Waals surface area contributed by atoms with Crippen LogP contribution in [0.2, 0.25) is 0 Å². The molecule has 0 heterocycles. The van der Waals surface area contributed by atoms with Crippen LogP contribution < -0.4 is 19.5 Å². The van der Waals surface area contributed by atoms with Gasteiger partial charge >= 0.3 is 5.97 Å². The Hall–Kier alpha value is -3.74. The summed E-state index contributed by atoms with van der Waals surface area (Å²) in [6.07, 6.45) is -0.279. The lowest BCUT2D eigenvalue weighted by Gasteiger charge is -2.19. The fourth-order valence-electron chi connectivity index (χ4n) is 3.24. The minimum Gasteiger partial charge on any atom is -0.493 e. The number of amides is 1. The molecular formula is C24H25NO6. The number of rotatable bonds is 10. The number of fused-ring (bicyclic) bond motifs is 1. The van der Waals surface area contributed by atoms with Crippen molar-refractivity contribution < 1.29 is 28.9 Å². The molecular weight excluding hydrogens is 398 g/mol. The summed E-state index contributed by atoms with van der Waals surface area (Å²) in [5.74, 6) is 0.123. The molecule has 162 valence electrons. The van der Waals surface area contributed by atoms with Crippen LogP contribution in [0.4, 0.5) is 0 Å². The number of methoxy groups -OCH3 is 1. The third kappa shape index (κ3) is 5.88. The minimum absolute atomic E-state index is 0.234. The molecule has 0 aliphatic rings. The first kappa shape index (κ1) is 22.0. The van der Waals surface area contributed by atoms with Crippen LogP contribution in [0.3, 0.4) is 0 Å². The Morgan fingerprint density at radius 3 is 2.45 bits per heavy atom. The predicted molar refractivity (Wildman–Crippen MR) is 117 cm³/mol. The molecule has 7 nitrogen and oxygen atoms in total. The summed E-state index contributed by atoms with van der Waals surface area (Å²) in [7, 11) is 1.50. The highest BCUT2D eigenvalue weighted by atomic mass is 16.5. The number of carboxylic acid groups (broad SMARTS) is 1. The van der Waals surface area contributed by atoms with Crippen LogP contribution in [0.25, 0.3) is 10.8 Å². The Morgan fingerprint density at radius 2 is 1.74 bits per heavy atom. The highest BCUT2D eigenvalue weighted by Gasteiger charge is 2.20. The summed E-state index contributed by atoms with van der Waals surface area (Å²) in [5, 5.41) is 14.1. The molecule has 0 fully saturated rings. The second-order valence-corrected chi connectivity index (χ2v) is 6.86. The SMILES string of the molecule is CCOc1ccc([C@H](CC(=O)O)NC(=O)COc2ccc3ccccc3c2)cc1OC. The van der Waals surface area contributed by atoms with Gasteiger partial charge in [0.1, 0.15) is 5.75 Å². The number of hydrogen-bond donors (Lipinski definition) is 2. The van der Waals surface area contributed by atoms with E-state index in [2.05, 4.69) is 5.32 Å². The van der Waals surface area contributed by atoms with Crippen LogP contribution in [-0.4, -0.2) is 37.3 Å². The molecule has 3 rings (SSSR count). The molecule has 3 aromatic carbocycles. The number of carbonyl (C=O) groups excluding carboxylic acids is 1. The largest absolute Gasteiger partial charge is 0.493 e. The van der Waals surface area contributed by atoms with Gasteiger partial charge in [-0.1, -0.05) is 36.4 Å². The molecule has 0 unspecified atom stereocenters. The van der Waals surface area contributed by atoms with Crippen molar-refractivity contribution in [3.63, 3.8) is 0 Å². The van der Waals surface area contributed by atoms with Gasteiger partial charge in [0.2, 0.25) is 0 Å². The van der Waals surface area contributed by atoms with Crippen molar-refractivity contribution in [1.82, 2.24) is 5.32 Å². The lowest BCUT2D eigenvalue weighted by atomic mass is 10.0. The zero-order valence-corrected chi connectivity index (χ0v) is 17.5. The smallest absolute Gasteiger partial charge is 0.305 e. The number of aliphatic carboxylic acids is 1. The molecule has 0 aliphatic heterocycles. The first-order valence-electron chi connectivity index (χ1n) is 9.93. The third-order valence-corrected chi connectivity index (χ3v) is 4.69. The van der Waals surface area contributed by atoms with E-state index in [1.165, 1.54) is 7.11 Å². The number of carbonyl (C=O) groups is 2. The Bertz CT molecular complexity index is 1060. The second kappa shape index (κ2) is 10.3. The Labute approximate surface area is 180 Å². The molecule has 0 radical (unpaired) electrons. The minimum atomic E-state index is -1.03. The zero-order chi connectivity index (χ0) is 22.2. The van der Waals surface area contributed by atoms with Gasteiger partial charge in [0.25, 0.3) is 5.91 Å². The van der Waals surface area contributed by atoms with Crippen molar-refractivity contribution in [2.75, 3.05) is 20.3 Å². The van der Waals surface area contributed by atoms with Crippen LogP contribution in [0.15, 0.2) is 60.7 Å². The number of nitrogens with one attached hydrogen (secondary N) is 1. The van der Waals surface area contributed by atoms with Gasteiger partial charge in [-0.05, 0) is 47.5 Å². The van der Waals surface area contributed by atoms with E-state index in [9.17, 15) is 14.7 Å². The summed E-state index contributed by atoms with van der Waals surface area (Å²) in [5.41, 5.74) is 0.599. The molecule has 0 saturated heterocycles. The third-order valence-electron chi connectivity index (χ3n) is 4.69. The van der Waals surface area contributed by atoms with Crippen molar-refractivity contribution in [3.8, 4) is 17.2 Å². The molecule has 3 aromatic rings. The Morgan fingerprint density at radius 1 is 0.968 bits per heavy atom. The molecule has 1 atom stereocenters. The molecule has 0 spiro atoms. The fourth-order valence-corrected chi connectivity index (χ4v) is 3.24. The Balaban J connectivity index is 1.69. The van der Waals surface area contributed by atoms with Crippen LogP contribution in [-0.2, 0) is 9.59 Å². The lowest BCUT2D eigenvalue weighted by Crippen LogP contribution is -2.33. The summed E-state index contributed by atoms with van der Waals surface area (Å²) in [6.45, 7) is 2.09. The van der Waals surface area contributed by atoms with Gasteiger partial charge in [-0.25, -0.2) is 0 Å². The predicted octanol–water partition coefficient (Wildman–Crippen LogP) is 3.96. The number of carboxylic acids is 1. The highest BCUT2D eigenvalue weighted by molar-refractivity contribution is 5.84.